The van der Waals surface area contributed by atoms with Crippen molar-refractivity contribution in [3.63, 3.8) is 0 Å². The third-order valence-electron chi connectivity index (χ3n) is 3.17. The predicted octanol–water partition coefficient (Wildman–Crippen LogP) is 2.77. The minimum Gasteiger partial charge on any atom is -0.497 e. The van der Waals surface area contributed by atoms with E-state index < -0.39 is 12.1 Å². The number of carbonyl (C=O) groups excluding carboxylic acids is 2. The summed E-state index contributed by atoms with van der Waals surface area (Å²) in [5.74, 6) is 0.364. The Morgan fingerprint density at radius 1 is 1.27 bits per heavy atom. The maximum absolute atomic E-state index is 11.9. The highest BCUT2D eigenvalue weighted by molar-refractivity contribution is 6.33. The molecule has 0 aromatic heterocycles. The third kappa shape index (κ3) is 5.44. The highest BCUT2D eigenvalue weighted by Gasteiger charge is 2.17. The van der Waals surface area contributed by atoms with E-state index in [4.69, 9.17) is 16.3 Å². The van der Waals surface area contributed by atoms with Gasteiger partial charge >= 0.3 is 6.03 Å². The van der Waals surface area contributed by atoms with Crippen molar-refractivity contribution in [1.29, 1.82) is 0 Å². The van der Waals surface area contributed by atoms with E-state index >= 15 is 0 Å². The maximum atomic E-state index is 11.9. The largest absolute Gasteiger partial charge is 0.497 e. The molecule has 1 aromatic carbocycles. The highest BCUT2D eigenvalue weighted by Crippen LogP contribution is 2.26. The van der Waals surface area contributed by atoms with Gasteiger partial charge < -0.3 is 20.7 Å². The molecule has 2 unspecified atom stereocenters. The van der Waals surface area contributed by atoms with Crippen LogP contribution in [0.25, 0.3) is 0 Å². The first-order valence-corrected chi connectivity index (χ1v) is 7.46. The molecule has 2 atom stereocenters. The number of ether oxygens (including phenoxy) is 1. The van der Waals surface area contributed by atoms with Crippen molar-refractivity contribution in [2.75, 3.05) is 12.4 Å². The molecule has 0 radical (unpaired) electrons. The van der Waals surface area contributed by atoms with E-state index in [0.29, 0.717) is 16.5 Å². The SMILES string of the molecule is CCC(C)NC(=O)C(C)NC(=O)Nc1ccc(OC)cc1Cl. The number of rotatable bonds is 6. The lowest BCUT2D eigenvalue weighted by molar-refractivity contribution is -0.123. The fourth-order valence-electron chi connectivity index (χ4n) is 1.61. The van der Waals surface area contributed by atoms with E-state index in [9.17, 15) is 9.59 Å². The number of anilines is 1. The molecule has 3 N–H and O–H groups in total. The molecule has 7 heteroatoms. The molecule has 3 amide bonds. The van der Waals surface area contributed by atoms with Crippen molar-refractivity contribution in [2.24, 2.45) is 0 Å². The quantitative estimate of drug-likeness (QED) is 0.751. The predicted molar refractivity (Wildman–Crippen MR) is 87.5 cm³/mol. The summed E-state index contributed by atoms with van der Waals surface area (Å²) in [6, 6.07) is 3.82. The molecule has 1 rings (SSSR count). The van der Waals surface area contributed by atoms with Gasteiger partial charge in [0, 0.05) is 12.1 Å². The van der Waals surface area contributed by atoms with Gasteiger partial charge in [0.2, 0.25) is 5.91 Å². The molecular weight excluding hydrogens is 306 g/mol. The lowest BCUT2D eigenvalue weighted by Crippen LogP contribution is -2.48. The number of benzene rings is 1. The zero-order valence-corrected chi connectivity index (χ0v) is 14.0. The van der Waals surface area contributed by atoms with Gasteiger partial charge in [0.05, 0.1) is 17.8 Å². The molecule has 22 heavy (non-hydrogen) atoms. The fourth-order valence-corrected chi connectivity index (χ4v) is 1.83. The van der Waals surface area contributed by atoms with E-state index in [1.807, 2.05) is 13.8 Å². The van der Waals surface area contributed by atoms with Gasteiger partial charge in [0.25, 0.3) is 0 Å². The van der Waals surface area contributed by atoms with Crippen LogP contribution in [0.3, 0.4) is 0 Å². The van der Waals surface area contributed by atoms with Crippen LogP contribution in [0, 0.1) is 0 Å². The van der Waals surface area contributed by atoms with Gasteiger partial charge in [-0.3, -0.25) is 4.79 Å². The van der Waals surface area contributed by atoms with Crippen molar-refractivity contribution in [3.05, 3.63) is 23.2 Å². The van der Waals surface area contributed by atoms with Crippen LogP contribution in [0.5, 0.6) is 5.75 Å². The molecule has 0 fully saturated rings. The van der Waals surface area contributed by atoms with Gasteiger partial charge in [-0.15, -0.1) is 0 Å². The lowest BCUT2D eigenvalue weighted by Gasteiger charge is -2.18. The number of hydrogen-bond acceptors (Lipinski definition) is 3. The summed E-state index contributed by atoms with van der Waals surface area (Å²) in [5, 5.41) is 8.31. The Kier molecular flexibility index (Phi) is 6.98. The van der Waals surface area contributed by atoms with Crippen LogP contribution in [-0.2, 0) is 4.79 Å². The molecule has 0 bridgehead atoms. The Labute approximate surface area is 135 Å². The molecular formula is C15H22ClN3O3. The number of hydrogen-bond donors (Lipinski definition) is 3. The zero-order valence-electron chi connectivity index (χ0n) is 13.2. The molecule has 0 spiro atoms. The smallest absolute Gasteiger partial charge is 0.319 e. The van der Waals surface area contributed by atoms with Crippen molar-refractivity contribution in [3.8, 4) is 5.75 Å². The summed E-state index contributed by atoms with van der Waals surface area (Å²) in [4.78, 5) is 23.8. The van der Waals surface area contributed by atoms with Crippen molar-refractivity contribution in [1.82, 2.24) is 10.6 Å². The van der Waals surface area contributed by atoms with Gasteiger partial charge in [0.15, 0.2) is 0 Å². The molecule has 1 aromatic rings. The van der Waals surface area contributed by atoms with Crippen molar-refractivity contribution >= 4 is 29.2 Å². The van der Waals surface area contributed by atoms with Gasteiger partial charge in [-0.05, 0) is 32.4 Å². The van der Waals surface area contributed by atoms with Crippen LogP contribution in [0.15, 0.2) is 18.2 Å². The number of nitrogens with one attached hydrogen (secondary N) is 3. The summed E-state index contributed by atoms with van der Waals surface area (Å²) in [6.45, 7) is 5.50. The summed E-state index contributed by atoms with van der Waals surface area (Å²) >= 11 is 6.04. The fraction of sp³-hybridized carbons (Fsp3) is 0.467. The molecule has 0 aliphatic carbocycles. The average Bonchev–Trinajstić information content (AvgIpc) is 2.48. The minimum absolute atomic E-state index is 0.0656. The summed E-state index contributed by atoms with van der Waals surface area (Å²) in [7, 11) is 1.53. The van der Waals surface area contributed by atoms with E-state index in [1.165, 1.54) is 7.11 Å². The standard InChI is InChI=1S/C15H22ClN3O3/c1-5-9(2)17-14(20)10(3)18-15(21)19-13-7-6-11(22-4)8-12(13)16/h6-10H,5H2,1-4H3,(H,17,20)(H2,18,19,21). The molecule has 0 aliphatic heterocycles. The second kappa shape index (κ2) is 8.48. The minimum atomic E-state index is -0.647. The van der Waals surface area contributed by atoms with Crippen LogP contribution in [0.1, 0.15) is 27.2 Å². The lowest BCUT2D eigenvalue weighted by atomic mass is 10.2. The highest BCUT2D eigenvalue weighted by atomic mass is 35.5. The number of halogens is 1. The molecule has 0 aliphatic rings. The summed E-state index contributed by atoms with van der Waals surface area (Å²) in [5.41, 5.74) is 0.439. The first-order chi connectivity index (χ1) is 10.4. The normalized spacial score (nSPS) is 13.0. The molecule has 122 valence electrons. The maximum Gasteiger partial charge on any atom is 0.319 e. The van der Waals surface area contributed by atoms with E-state index in [-0.39, 0.29) is 11.9 Å². The van der Waals surface area contributed by atoms with Crippen molar-refractivity contribution in [2.45, 2.75) is 39.3 Å². The van der Waals surface area contributed by atoms with E-state index in [2.05, 4.69) is 16.0 Å². The van der Waals surface area contributed by atoms with Crippen LogP contribution in [0.4, 0.5) is 10.5 Å². The first kappa shape index (κ1) is 18.1. The molecule has 0 heterocycles. The molecule has 6 nitrogen and oxygen atoms in total. The number of amides is 3. The van der Waals surface area contributed by atoms with Crippen LogP contribution < -0.4 is 20.7 Å². The first-order valence-electron chi connectivity index (χ1n) is 7.08. The van der Waals surface area contributed by atoms with Crippen molar-refractivity contribution < 1.29 is 14.3 Å². The zero-order chi connectivity index (χ0) is 16.7. The van der Waals surface area contributed by atoms with Gasteiger partial charge in [0.1, 0.15) is 11.8 Å². The van der Waals surface area contributed by atoms with Crippen LogP contribution in [-0.4, -0.2) is 31.1 Å². The second-order valence-corrected chi connectivity index (χ2v) is 5.39. The Balaban J connectivity index is 2.57. The monoisotopic (exact) mass is 327 g/mol. The number of methoxy groups -OCH3 is 1. The summed E-state index contributed by atoms with van der Waals surface area (Å²) < 4.78 is 5.03. The van der Waals surface area contributed by atoms with E-state index in [1.54, 1.807) is 25.1 Å². The summed E-state index contributed by atoms with van der Waals surface area (Å²) in [6.07, 6.45) is 0.826. The third-order valence-corrected chi connectivity index (χ3v) is 3.48. The van der Waals surface area contributed by atoms with Gasteiger partial charge in [-0.25, -0.2) is 4.79 Å². The average molecular weight is 328 g/mol. The van der Waals surface area contributed by atoms with Crippen LogP contribution in [0.2, 0.25) is 5.02 Å². The Hall–Kier alpha value is -1.95. The van der Waals surface area contributed by atoms with Crippen LogP contribution >= 0.6 is 11.6 Å². The van der Waals surface area contributed by atoms with E-state index in [0.717, 1.165) is 6.42 Å². The topological polar surface area (TPSA) is 79.5 Å². The number of carbonyl (C=O) groups is 2. The van der Waals surface area contributed by atoms with Gasteiger partial charge in [-0.1, -0.05) is 18.5 Å². The number of urea groups is 1. The van der Waals surface area contributed by atoms with Gasteiger partial charge in [-0.2, -0.15) is 0 Å². The Bertz CT molecular complexity index is 537. The molecule has 0 saturated heterocycles. The molecule has 0 saturated carbocycles. The second-order valence-electron chi connectivity index (χ2n) is 4.98. The Morgan fingerprint density at radius 2 is 1.95 bits per heavy atom. The Morgan fingerprint density at radius 3 is 2.50 bits per heavy atom.